The molecule has 0 radical (unpaired) electrons. The predicted octanol–water partition coefficient (Wildman–Crippen LogP) is 1.99. The normalized spacial score (nSPS) is 12.1. The monoisotopic (exact) mass is 237 g/mol. The molecule has 4 nitrogen and oxygen atoms in total. The van der Waals surface area contributed by atoms with Gasteiger partial charge in [0.2, 0.25) is 5.88 Å². The number of para-hydroxylation sites is 1. The topological polar surface area (TPSA) is 59.6 Å². The Balaban J connectivity index is 2.74. The molecule has 0 aliphatic heterocycles. The summed E-state index contributed by atoms with van der Waals surface area (Å²) in [5, 5.41) is 0. The minimum atomic E-state index is -0.415. The third-order valence-corrected chi connectivity index (χ3v) is 1.86. The molecule has 0 heterocycles. The van der Waals surface area contributed by atoms with Gasteiger partial charge in [-0.05, 0) is 24.6 Å². The number of allylic oxidation sites excluding steroid dienone is 1. The van der Waals surface area contributed by atoms with E-state index in [1.807, 2.05) is 6.92 Å². The molecule has 0 amide bonds. The average Bonchev–Trinajstić information content (AvgIpc) is 2.32. The van der Waals surface area contributed by atoms with Gasteiger partial charge in [-0.15, -0.1) is 0 Å². The van der Waals surface area contributed by atoms with Crippen LogP contribution in [-0.4, -0.2) is 12.8 Å². The molecule has 3 N–H and O–H groups in total. The number of aliphatic imine (C=N–C) groups is 1. The zero-order valence-corrected chi connectivity index (χ0v) is 9.69. The van der Waals surface area contributed by atoms with Crippen LogP contribution in [-0.2, 0) is 0 Å². The summed E-state index contributed by atoms with van der Waals surface area (Å²) >= 11 is 0. The van der Waals surface area contributed by atoms with Gasteiger partial charge in [0.15, 0.2) is 11.6 Å². The number of halogens is 1. The number of nitrogens with zero attached hydrogens (tertiary/aromatic N) is 1. The first kappa shape index (κ1) is 13.3. The lowest BCUT2D eigenvalue weighted by Crippen LogP contribution is -2.23. The molecule has 92 valence electrons. The van der Waals surface area contributed by atoms with Crippen LogP contribution in [0, 0.1) is 5.82 Å². The number of nitrogens with two attached hydrogens (primary N) is 1. The molecule has 17 heavy (non-hydrogen) atoms. The highest BCUT2D eigenvalue weighted by Gasteiger charge is 2.03. The number of ether oxygens (including phenoxy) is 1. The maximum Gasteiger partial charge on any atom is 0.215 e. The smallest absolute Gasteiger partial charge is 0.215 e. The molecule has 0 aliphatic rings. The summed E-state index contributed by atoms with van der Waals surface area (Å²) in [6, 6.07) is 6.19. The number of hydrazine groups is 1. The second-order valence-electron chi connectivity index (χ2n) is 3.20. The molecule has 0 spiro atoms. The van der Waals surface area contributed by atoms with Crippen molar-refractivity contribution in [3.63, 3.8) is 0 Å². The molecule has 0 atom stereocenters. The molecule has 1 rings (SSSR count). The van der Waals surface area contributed by atoms with Crippen LogP contribution in [0.4, 0.5) is 4.39 Å². The van der Waals surface area contributed by atoms with Gasteiger partial charge in [-0.3, -0.25) is 11.3 Å². The van der Waals surface area contributed by atoms with Crippen molar-refractivity contribution in [2.24, 2.45) is 10.8 Å². The summed E-state index contributed by atoms with van der Waals surface area (Å²) in [5.74, 6) is 5.20. The van der Waals surface area contributed by atoms with Crippen molar-refractivity contribution in [2.75, 3.05) is 6.54 Å². The standard InChI is InChI=1S/C12H16FN3O/c1-2-5-12(15-8-9-16-14)17-11-7-4-3-6-10(11)13/h3-8,16H,2,9,14H2,1H3/b12-5+,15-8-. The lowest BCUT2D eigenvalue weighted by Gasteiger charge is -2.06. The number of rotatable bonds is 6. The molecular weight excluding hydrogens is 221 g/mol. The van der Waals surface area contributed by atoms with Crippen molar-refractivity contribution in [1.82, 2.24) is 5.43 Å². The van der Waals surface area contributed by atoms with Gasteiger partial charge < -0.3 is 4.74 Å². The van der Waals surface area contributed by atoms with Gasteiger partial charge in [0, 0.05) is 12.8 Å². The van der Waals surface area contributed by atoms with Crippen LogP contribution in [0.2, 0.25) is 0 Å². The van der Waals surface area contributed by atoms with Crippen LogP contribution in [0.25, 0.3) is 0 Å². The highest BCUT2D eigenvalue weighted by Crippen LogP contribution is 2.18. The predicted molar refractivity (Wildman–Crippen MR) is 66.1 cm³/mol. The summed E-state index contributed by atoms with van der Waals surface area (Å²) in [6.45, 7) is 2.36. The molecule has 0 fully saturated rings. The van der Waals surface area contributed by atoms with Crippen molar-refractivity contribution >= 4 is 6.21 Å². The fourth-order valence-electron chi connectivity index (χ4n) is 1.12. The van der Waals surface area contributed by atoms with E-state index in [-0.39, 0.29) is 5.75 Å². The molecule has 0 saturated heterocycles. The molecule has 0 unspecified atom stereocenters. The van der Waals surface area contributed by atoms with E-state index in [4.69, 9.17) is 10.6 Å². The van der Waals surface area contributed by atoms with Gasteiger partial charge >= 0.3 is 0 Å². The molecule has 0 saturated carbocycles. The van der Waals surface area contributed by atoms with Crippen LogP contribution in [0.1, 0.15) is 13.3 Å². The van der Waals surface area contributed by atoms with Gasteiger partial charge in [-0.1, -0.05) is 19.1 Å². The zero-order valence-electron chi connectivity index (χ0n) is 9.69. The summed E-state index contributed by atoms with van der Waals surface area (Å²) in [6.07, 6.45) is 4.07. The third-order valence-electron chi connectivity index (χ3n) is 1.86. The van der Waals surface area contributed by atoms with Gasteiger partial charge in [0.05, 0.1) is 0 Å². The minimum Gasteiger partial charge on any atom is -0.436 e. The summed E-state index contributed by atoms with van der Waals surface area (Å²) in [4.78, 5) is 4.04. The van der Waals surface area contributed by atoms with Crippen LogP contribution in [0.15, 0.2) is 41.2 Å². The Morgan fingerprint density at radius 2 is 2.29 bits per heavy atom. The first-order valence-corrected chi connectivity index (χ1v) is 5.36. The van der Waals surface area contributed by atoms with Crippen LogP contribution < -0.4 is 16.0 Å². The summed E-state index contributed by atoms with van der Waals surface area (Å²) in [7, 11) is 0. The van der Waals surface area contributed by atoms with Gasteiger partial charge in [-0.25, -0.2) is 9.38 Å². The Morgan fingerprint density at radius 3 is 2.94 bits per heavy atom. The van der Waals surface area contributed by atoms with Crippen LogP contribution >= 0.6 is 0 Å². The minimum absolute atomic E-state index is 0.157. The van der Waals surface area contributed by atoms with Crippen molar-refractivity contribution in [3.8, 4) is 5.75 Å². The molecule has 0 aromatic heterocycles. The van der Waals surface area contributed by atoms with Gasteiger partial charge in [0.25, 0.3) is 0 Å². The van der Waals surface area contributed by atoms with E-state index in [1.165, 1.54) is 6.07 Å². The van der Waals surface area contributed by atoms with E-state index in [0.29, 0.717) is 12.4 Å². The van der Waals surface area contributed by atoms with Crippen molar-refractivity contribution < 1.29 is 9.13 Å². The Labute approximate surface area is 100.0 Å². The maximum absolute atomic E-state index is 13.3. The maximum atomic E-state index is 13.3. The van der Waals surface area contributed by atoms with Crippen molar-refractivity contribution in [2.45, 2.75) is 13.3 Å². The lowest BCUT2D eigenvalue weighted by atomic mass is 10.3. The van der Waals surface area contributed by atoms with Crippen molar-refractivity contribution in [3.05, 3.63) is 42.0 Å². The second kappa shape index (κ2) is 7.54. The lowest BCUT2D eigenvalue weighted by molar-refractivity contribution is 0.391. The SMILES string of the molecule is CC/C=C(\N=C/CNN)Oc1ccccc1F. The largest absolute Gasteiger partial charge is 0.436 e. The van der Waals surface area contributed by atoms with Crippen LogP contribution in [0.3, 0.4) is 0 Å². The number of hydrogen-bond donors (Lipinski definition) is 2. The molecule has 0 bridgehead atoms. The summed E-state index contributed by atoms with van der Waals surface area (Å²) in [5.41, 5.74) is 2.43. The number of benzene rings is 1. The molecular formula is C12H16FN3O. The van der Waals surface area contributed by atoms with E-state index < -0.39 is 5.82 Å². The first-order chi connectivity index (χ1) is 8.27. The van der Waals surface area contributed by atoms with Gasteiger partial charge in [0.1, 0.15) is 0 Å². The highest BCUT2D eigenvalue weighted by atomic mass is 19.1. The molecule has 5 heteroatoms. The molecule has 0 aliphatic carbocycles. The van der Waals surface area contributed by atoms with E-state index in [0.717, 1.165) is 6.42 Å². The Bertz CT molecular complexity index is 404. The Morgan fingerprint density at radius 1 is 1.53 bits per heavy atom. The fourth-order valence-corrected chi connectivity index (χ4v) is 1.12. The second-order valence-corrected chi connectivity index (χ2v) is 3.20. The van der Waals surface area contributed by atoms with Gasteiger partial charge in [-0.2, -0.15) is 0 Å². The van der Waals surface area contributed by atoms with Crippen molar-refractivity contribution in [1.29, 1.82) is 0 Å². The third kappa shape index (κ3) is 4.76. The quantitative estimate of drug-likeness (QED) is 0.344. The van der Waals surface area contributed by atoms with E-state index in [1.54, 1.807) is 30.5 Å². The highest BCUT2D eigenvalue weighted by molar-refractivity contribution is 5.60. The fraction of sp³-hybridized carbons (Fsp3) is 0.250. The molecule has 1 aromatic carbocycles. The number of hydrogen-bond acceptors (Lipinski definition) is 4. The van der Waals surface area contributed by atoms with E-state index in [9.17, 15) is 4.39 Å². The average molecular weight is 237 g/mol. The summed E-state index contributed by atoms with van der Waals surface area (Å²) < 4.78 is 18.7. The zero-order chi connectivity index (χ0) is 12.5. The van der Waals surface area contributed by atoms with E-state index in [2.05, 4.69) is 10.4 Å². The first-order valence-electron chi connectivity index (χ1n) is 5.36. The number of nitrogens with one attached hydrogen (secondary N) is 1. The Kier molecular flexibility index (Phi) is 5.92. The van der Waals surface area contributed by atoms with Crippen LogP contribution in [0.5, 0.6) is 5.75 Å². The molecule has 1 aromatic rings. The Hall–Kier alpha value is -1.72. The van der Waals surface area contributed by atoms with E-state index >= 15 is 0 Å².